The number of morpholine rings is 1. The second kappa shape index (κ2) is 4.42. The van der Waals surface area contributed by atoms with Gasteiger partial charge in [-0.3, -0.25) is 9.20 Å². The molecule has 0 unspecified atom stereocenters. The van der Waals surface area contributed by atoms with E-state index < -0.39 is 0 Å². The van der Waals surface area contributed by atoms with Crippen LogP contribution in [0.2, 0.25) is 0 Å². The third-order valence-corrected chi connectivity index (χ3v) is 3.21. The highest BCUT2D eigenvalue weighted by molar-refractivity contribution is 5.52. The molecule has 18 heavy (non-hydrogen) atoms. The van der Waals surface area contributed by atoms with Crippen LogP contribution in [0.25, 0.3) is 5.65 Å². The summed E-state index contributed by atoms with van der Waals surface area (Å²) in [5.74, 6) is 0.748. The molecule has 0 saturated carbocycles. The predicted octanol–water partition coefficient (Wildman–Crippen LogP) is 0.840. The molecule has 0 aromatic carbocycles. The highest BCUT2D eigenvalue weighted by atomic mass is 16.5. The molecule has 3 rings (SSSR count). The summed E-state index contributed by atoms with van der Waals surface area (Å²) in [7, 11) is 0. The highest BCUT2D eigenvalue weighted by Gasteiger charge is 2.14. The molecule has 2 aromatic heterocycles. The molecule has 1 saturated heterocycles. The summed E-state index contributed by atoms with van der Waals surface area (Å²) in [6, 6.07) is 5.42. The Labute approximate surface area is 105 Å². The van der Waals surface area contributed by atoms with E-state index in [0.29, 0.717) is 13.2 Å². The number of pyridine rings is 1. The van der Waals surface area contributed by atoms with Gasteiger partial charge < -0.3 is 9.64 Å². The molecule has 94 valence electrons. The summed E-state index contributed by atoms with van der Waals surface area (Å²) in [4.78, 5) is 18.7. The topological polar surface area (TPSA) is 46.8 Å². The molecule has 1 fully saturated rings. The zero-order valence-electron chi connectivity index (χ0n) is 10.3. The minimum atomic E-state index is -0.0369. The summed E-state index contributed by atoms with van der Waals surface area (Å²) in [6.45, 7) is 4.91. The van der Waals surface area contributed by atoms with Gasteiger partial charge in [-0.1, -0.05) is 6.07 Å². The van der Waals surface area contributed by atoms with E-state index in [0.717, 1.165) is 30.1 Å². The van der Waals surface area contributed by atoms with Gasteiger partial charge in [-0.2, -0.15) is 0 Å². The van der Waals surface area contributed by atoms with Crippen molar-refractivity contribution in [2.75, 3.05) is 31.2 Å². The largest absolute Gasteiger partial charge is 0.378 e. The maximum absolute atomic E-state index is 12.1. The van der Waals surface area contributed by atoms with Crippen molar-refractivity contribution in [2.45, 2.75) is 6.92 Å². The minimum absolute atomic E-state index is 0.0369. The fourth-order valence-electron chi connectivity index (χ4n) is 2.20. The van der Waals surface area contributed by atoms with Gasteiger partial charge in [-0.05, 0) is 18.6 Å². The van der Waals surface area contributed by atoms with Crippen LogP contribution in [-0.2, 0) is 4.74 Å². The molecule has 5 heteroatoms. The number of hydrogen-bond acceptors (Lipinski definition) is 4. The number of ether oxygens (including phenoxy) is 1. The van der Waals surface area contributed by atoms with Gasteiger partial charge in [-0.25, -0.2) is 4.98 Å². The van der Waals surface area contributed by atoms with Crippen molar-refractivity contribution in [2.24, 2.45) is 0 Å². The maximum Gasteiger partial charge on any atom is 0.259 e. The van der Waals surface area contributed by atoms with Crippen molar-refractivity contribution in [3.05, 3.63) is 40.3 Å². The number of nitrogens with zero attached hydrogens (tertiary/aromatic N) is 3. The van der Waals surface area contributed by atoms with Crippen molar-refractivity contribution in [1.29, 1.82) is 0 Å². The van der Waals surface area contributed by atoms with Gasteiger partial charge in [0.05, 0.1) is 13.2 Å². The summed E-state index contributed by atoms with van der Waals surface area (Å²) in [5.41, 5.74) is 1.70. The van der Waals surface area contributed by atoms with E-state index in [-0.39, 0.29) is 5.56 Å². The zero-order chi connectivity index (χ0) is 12.5. The Morgan fingerprint density at radius 1 is 1.33 bits per heavy atom. The molecule has 0 N–H and O–H groups in total. The van der Waals surface area contributed by atoms with Crippen LogP contribution >= 0.6 is 0 Å². The van der Waals surface area contributed by atoms with Gasteiger partial charge in [0, 0.05) is 25.4 Å². The third-order valence-electron chi connectivity index (χ3n) is 3.21. The molecule has 1 aliphatic rings. The quantitative estimate of drug-likeness (QED) is 0.747. The first-order valence-electron chi connectivity index (χ1n) is 6.07. The Morgan fingerprint density at radius 2 is 2.11 bits per heavy atom. The Hall–Kier alpha value is -1.88. The Kier molecular flexibility index (Phi) is 2.76. The van der Waals surface area contributed by atoms with Crippen LogP contribution < -0.4 is 10.5 Å². The van der Waals surface area contributed by atoms with Crippen LogP contribution in [-0.4, -0.2) is 35.7 Å². The van der Waals surface area contributed by atoms with Crippen LogP contribution in [0.15, 0.2) is 29.2 Å². The fourth-order valence-corrected chi connectivity index (χ4v) is 2.20. The monoisotopic (exact) mass is 245 g/mol. The van der Waals surface area contributed by atoms with E-state index in [9.17, 15) is 4.79 Å². The second-order valence-corrected chi connectivity index (χ2v) is 4.44. The molecular weight excluding hydrogens is 230 g/mol. The lowest BCUT2D eigenvalue weighted by Gasteiger charge is -2.27. The number of rotatable bonds is 1. The number of hydrogen-bond donors (Lipinski definition) is 0. The van der Waals surface area contributed by atoms with Crippen molar-refractivity contribution in [3.63, 3.8) is 0 Å². The average molecular weight is 245 g/mol. The summed E-state index contributed by atoms with van der Waals surface area (Å²) in [6.07, 6.45) is 1.75. The van der Waals surface area contributed by atoms with Gasteiger partial charge in [0.2, 0.25) is 0 Å². The van der Waals surface area contributed by atoms with Gasteiger partial charge in [-0.15, -0.1) is 0 Å². The lowest BCUT2D eigenvalue weighted by atomic mass is 10.3. The van der Waals surface area contributed by atoms with Crippen molar-refractivity contribution in [3.8, 4) is 0 Å². The molecule has 5 nitrogen and oxygen atoms in total. The summed E-state index contributed by atoms with van der Waals surface area (Å²) >= 11 is 0. The molecule has 0 atom stereocenters. The number of fused-ring (bicyclic) bond motifs is 1. The standard InChI is InChI=1S/C13H15N3O2/c1-10-3-2-4-16-12(17)9-11(14-13(10)16)15-5-7-18-8-6-15/h2-4,9H,5-8H2,1H3. The summed E-state index contributed by atoms with van der Waals surface area (Å²) < 4.78 is 6.89. The molecular formula is C13H15N3O2. The van der Waals surface area contributed by atoms with Gasteiger partial charge in [0.1, 0.15) is 11.5 Å². The fraction of sp³-hybridized carbons (Fsp3) is 0.385. The lowest BCUT2D eigenvalue weighted by Crippen LogP contribution is -2.37. The highest BCUT2D eigenvalue weighted by Crippen LogP contribution is 2.13. The van der Waals surface area contributed by atoms with E-state index in [1.165, 1.54) is 0 Å². The maximum atomic E-state index is 12.1. The van der Waals surface area contributed by atoms with Crippen molar-refractivity contribution >= 4 is 11.5 Å². The number of aromatic nitrogens is 2. The molecule has 0 radical (unpaired) electrons. The van der Waals surface area contributed by atoms with E-state index >= 15 is 0 Å². The van der Waals surface area contributed by atoms with Crippen LogP contribution in [0.1, 0.15) is 5.56 Å². The first-order chi connectivity index (χ1) is 8.75. The van der Waals surface area contributed by atoms with E-state index in [1.54, 1.807) is 16.7 Å². The summed E-state index contributed by atoms with van der Waals surface area (Å²) in [5, 5.41) is 0. The smallest absolute Gasteiger partial charge is 0.259 e. The van der Waals surface area contributed by atoms with Gasteiger partial charge >= 0.3 is 0 Å². The molecule has 0 bridgehead atoms. The van der Waals surface area contributed by atoms with Crippen molar-refractivity contribution < 1.29 is 4.74 Å². The van der Waals surface area contributed by atoms with E-state index in [2.05, 4.69) is 9.88 Å². The Bertz CT molecular complexity index is 630. The zero-order valence-corrected chi connectivity index (χ0v) is 10.3. The SMILES string of the molecule is Cc1cccn2c(=O)cc(N3CCOCC3)nc12. The van der Waals surface area contributed by atoms with E-state index in [1.807, 2.05) is 19.1 Å². The molecule has 0 aliphatic carbocycles. The molecule has 3 heterocycles. The molecule has 0 spiro atoms. The van der Waals surface area contributed by atoms with Gasteiger partial charge in [0.25, 0.3) is 5.56 Å². The Morgan fingerprint density at radius 3 is 2.89 bits per heavy atom. The average Bonchev–Trinajstić information content (AvgIpc) is 2.41. The molecule has 1 aliphatic heterocycles. The van der Waals surface area contributed by atoms with Crippen LogP contribution in [0.4, 0.5) is 5.82 Å². The molecule has 2 aromatic rings. The van der Waals surface area contributed by atoms with E-state index in [4.69, 9.17) is 4.74 Å². The Balaban J connectivity index is 2.14. The van der Waals surface area contributed by atoms with Crippen LogP contribution in [0.3, 0.4) is 0 Å². The second-order valence-electron chi connectivity index (χ2n) is 4.44. The normalized spacial score (nSPS) is 16.2. The third kappa shape index (κ3) is 1.86. The molecule has 0 amide bonds. The first kappa shape index (κ1) is 11.2. The van der Waals surface area contributed by atoms with Gasteiger partial charge in [0.15, 0.2) is 0 Å². The van der Waals surface area contributed by atoms with Crippen LogP contribution in [0.5, 0.6) is 0 Å². The predicted molar refractivity (Wildman–Crippen MR) is 69.2 cm³/mol. The number of aryl methyl sites for hydroxylation is 1. The minimum Gasteiger partial charge on any atom is -0.378 e. The number of anilines is 1. The van der Waals surface area contributed by atoms with Crippen LogP contribution in [0, 0.1) is 6.92 Å². The van der Waals surface area contributed by atoms with Crippen molar-refractivity contribution in [1.82, 2.24) is 9.38 Å². The lowest BCUT2D eigenvalue weighted by molar-refractivity contribution is 0.122. The first-order valence-corrected chi connectivity index (χ1v) is 6.07.